The molecule has 0 amide bonds. The van der Waals surface area contributed by atoms with Crippen molar-refractivity contribution < 1.29 is 4.43 Å². The van der Waals surface area contributed by atoms with E-state index in [0.29, 0.717) is 12.1 Å². The van der Waals surface area contributed by atoms with Crippen LogP contribution in [0.25, 0.3) is 0 Å². The van der Waals surface area contributed by atoms with E-state index in [2.05, 4.69) is 105 Å². The Morgan fingerprint density at radius 3 is 1.93 bits per heavy atom. The summed E-state index contributed by atoms with van der Waals surface area (Å²) in [5.74, 6) is 0. The summed E-state index contributed by atoms with van der Waals surface area (Å²) in [6.07, 6.45) is 1.15. The van der Waals surface area contributed by atoms with Crippen LogP contribution in [0.1, 0.15) is 38.3 Å². The second kappa shape index (κ2) is 9.56. The van der Waals surface area contributed by atoms with Crippen molar-refractivity contribution in [1.29, 1.82) is 0 Å². The zero-order valence-electron chi connectivity index (χ0n) is 18.8. The molecule has 2 aromatic rings. The predicted octanol–water partition coefficient (Wildman–Crippen LogP) is 5.44. The third kappa shape index (κ3) is 6.26. The molecule has 1 N–H and O–H groups in total. The van der Waals surface area contributed by atoms with E-state index in [4.69, 9.17) is 4.43 Å². The molecule has 1 aliphatic heterocycles. The van der Waals surface area contributed by atoms with Crippen LogP contribution in [0.2, 0.25) is 18.1 Å². The molecule has 0 aliphatic carbocycles. The third-order valence-electron chi connectivity index (χ3n) is 6.62. The molecule has 2 atom stereocenters. The summed E-state index contributed by atoms with van der Waals surface area (Å²) in [7, 11) is -1.70. The SMILES string of the molecule is CC(C)(C)[Si](C)(C)OC[C@@H]1C[C@@H](N(Cc2ccccc2)Cc2ccccc2)CN1. The van der Waals surface area contributed by atoms with E-state index in [1.54, 1.807) is 0 Å². The van der Waals surface area contributed by atoms with E-state index in [9.17, 15) is 0 Å². The number of benzene rings is 2. The summed E-state index contributed by atoms with van der Waals surface area (Å²) >= 11 is 0. The Hall–Kier alpha value is -1.46. The molecule has 2 aromatic carbocycles. The minimum atomic E-state index is -1.70. The normalized spacial score (nSPS) is 20.3. The maximum atomic E-state index is 6.50. The lowest BCUT2D eigenvalue weighted by Crippen LogP contribution is -2.43. The summed E-state index contributed by atoms with van der Waals surface area (Å²) < 4.78 is 6.50. The second-order valence-electron chi connectivity index (χ2n) is 9.94. The van der Waals surface area contributed by atoms with Crippen molar-refractivity contribution in [2.45, 2.75) is 70.5 Å². The van der Waals surface area contributed by atoms with Crippen molar-refractivity contribution in [2.75, 3.05) is 13.2 Å². The highest BCUT2D eigenvalue weighted by Crippen LogP contribution is 2.36. The van der Waals surface area contributed by atoms with Gasteiger partial charge in [-0.05, 0) is 35.7 Å². The van der Waals surface area contributed by atoms with Crippen LogP contribution in [0.4, 0.5) is 0 Å². The van der Waals surface area contributed by atoms with Crippen LogP contribution in [0.15, 0.2) is 60.7 Å². The topological polar surface area (TPSA) is 24.5 Å². The van der Waals surface area contributed by atoms with Gasteiger partial charge in [0.15, 0.2) is 8.32 Å². The van der Waals surface area contributed by atoms with Crippen LogP contribution in [-0.2, 0) is 17.5 Å². The molecule has 1 saturated heterocycles. The maximum absolute atomic E-state index is 6.50. The number of nitrogens with zero attached hydrogens (tertiary/aromatic N) is 1. The summed E-state index contributed by atoms with van der Waals surface area (Å²) in [5.41, 5.74) is 2.76. The van der Waals surface area contributed by atoms with Gasteiger partial charge >= 0.3 is 0 Å². The molecule has 3 nitrogen and oxygen atoms in total. The van der Waals surface area contributed by atoms with Crippen molar-refractivity contribution in [3.8, 4) is 0 Å². The molecule has 0 spiro atoms. The van der Waals surface area contributed by atoms with E-state index in [-0.39, 0.29) is 5.04 Å². The fourth-order valence-electron chi connectivity index (χ4n) is 3.68. The molecule has 1 aliphatic rings. The van der Waals surface area contributed by atoms with Crippen molar-refractivity contribution >= 4 is 8.32 Å². The van der Waals surface area contributed by atoms with Gasteiger partial charge in [-0.1, -0.05) is 81.4 Å². The Morgan fingerprint density at radius 2 is 1.45 bits per heavy atom. The molecule has 0 bridgehead atoms. The van der Waals surface area contributed by atoms with E-state index < -0.39 is 8.32 Å². The fourth-order valence-corrected chi connectivity index (χ4v) is 4.73. The van der Waals surface area contributed by atoms with Gasteiger partial charge in [-0.3, -0.25) is 4.90 Å². The monoisotopic (exact) mass is 410 g/mol. The Labute approximate surface area is 178 Å². The maximum Gasteiger partial charge on any atom is 0.192 e. The zero-order valence-corrected chi connectivity index (χ0v) is 19.8. The molecule has 158 valence electrons. The lowest BCUT2D eigenvalue weighted by Gasteiger charge is -2.37. The highest BCUT2D eigenvalue weighted by Gasteiger charge is 2.38. The molecule has 0 unspecified atom stereocenters. The second-order valence-corrected chi connectivity index (χ2v) is 14.8. The lowest BCUT2D eigenvalue weighted by atomic mass is 10.1. The molecule has 29 heavy (non-hydrogen) atoms. The largest absolute Gasteiger partial charge is 0.415 e. The average molecular weight is 411 g/mol. The van der Waals surface area contributed by atoms with Gasteiger partial charge < -0.3 is 9.74 Å². The van der Waals surface area contributed by atoms with E-state index in [1.807, 2.05) is 0 Å². The zero-order chi connectivity index (χ0) is 20.9. The number of nitrogens with one attached hydrogen (secondary N) is 1. The van der Waals surface area contributed by atoms with Crippen LogP contribution < -0.4 is 5.32 Å². The van der Waals surface area contributed by atoms with Gasteiger partial charge in [-0.25, -0.2) is 0 Å². The molecular formula is C25H38N2OSi. The Kier molecular flexibility index (Phi) is 7.33. The van der Waals surface area contributed by atoms with Crippen LogP contribution in [0, 0.1) is 0 Å². The molecule has 3 rings (SSSR count). The fraction of sp³-hybridized carbons (Fsp3) is 0.520. The Balaban J connectivity index is 1.63. The first-order chi connectivity index (χ1) is 13.7. The van der Waals surface area contributed by atoms with Crippen molar-refractivity contribution in [2.24, 2.45) is 0 Å². The third-order valence-corrected chi connectivity index (χ3v) is 11.1. The quantitative estimate of drug-likeness (QED) is 0.586. The minimum absolute atomic E-state index is 0.262. The van der Waals surface area contributed by atoms with Gasteiger partial charge in [0, 0.05) is 38.3 Å². The van der Waals surface area contributed by atoms with Gasteiger partial charge in [0.1, 0.15) is 0 Å². The van der Waals surface area contributed by atoms with Crippen molar-refractivity contribution in [1.82, 2.24) is 10.2 Å². The number of hydrogen-bond acceptors (Lipinski definition) is 3. The van der Waals surface area contributed by atoms with Gasteiger partial charge in [-0.15, -0.1) is 0 Å². The smallest absolute Gasteiger partial charge is 0.192 e. The molecule has 0 saturated carbocycles. The Bertz CT molecular complexity index is 701. The summed E-state index contributed by atoms with van der Waals surface area (Å²) in [6, 6.07) is 22.7. The van der Waals surface area contributed by atoms with Crippen LogP contribution in [0.5, 0.6) is 0 Å². The van der Waals surface area contributed by atoms with Crippen LogP contribution in [0.3, 0.4) is 0 Å². The molecular weight excluding hydrogens is 372 g/mol. The number of rotatable bonds is 8. The van der Waals surface area contributed by atoms with E-state index in [0.717, 1.165) is 32.7 Å². The molecule has 1 fully saturated rings. The predicted molar refractivity (Wildman–Crippen MR) is 125 cm³/mol. The van der Waals surface area contributed by atoms with E-state index in [1.165, 1.54) is 11.1 Å². The first kappa shape index (κ1) is 22.2. The van der Waals surface area contributed by atoms with Crippen LogP contribution >= 0.6 is 0 Å². The summed E-state index contributed by atoms with van der Waals surface area (Å²) in [5, 5.41) is 4.00. The summed E-state index contributed by atoms with van der Waals surface area (Å²) in [6.45, 7) is 15.5. The highest BCUT2D eigenvalue weighted by atomic mass is 28.4. The number of hydrogen-bond donors (Lipinski definition) is 1. The minimum Gasteiger partial charge on any atom is -0.415 e. The molecule has 1 heterocycles. The van der Waals surface area contributed by atoms with Crippen LogP contribution in [-0.4, -0.2) is 38.5 Å². The van der Waals surface area contributed by atoms with Crippen molar-refractivity contribution in [3.63, 3.8) is 0 Å². The lowest BCUT2D eigenvalue weighted by molar-refractivity contribution is 0.182. The van der Waals surface area contributed by atoms with Gasteiger partial charge in [0.05, 0.1) is 0 Å². The first-order valence-corrected chi connectivity index (χ1v) is 13.8. The van der Waals surface area contributed by atoms with Crippen molar-refractivity contribution in [3.05, 3.63) is 71.8 Å². The summed E-state index contributed by atoms with van der Waals surface area (Å²) in [4.78, 5) is 2.63. The molecule has 4 heteroatoms. The molecule has 0 aromatic heterocycles. The molecule has 0 radical (unpaired) electrons. The van der Waals surface area contributed by atoms with Gasteiger partial charge in [0.2, 0.25) is 0 Å². The standard InChI is InChI=1S/C25H38N2OSi/c1-25(2,3)29(4,5)28-20-23-16-24(17-26-23)27(18-21-12-8-6-9-13-21)19-22-14-10-7-11-15-22/h6-15,23-24,26H,16-20H2,1-5H3/t23-,24+/m0/s1. The Morgan fingerprint density at radius 1 is 0.931 bits per heavy atom. The highest BCUT2D eigenvalue weighted by molar-refractivity contribution is 6.74. The van der Waals surface area contributed by atoms with Gasteiger partial charge in [0.25, 0.3) is 0 Å². The van der Waals surface area contributed by atoms with Gasteiger partial charge in [-0.2, -0.15) is 0 Å². The average Bonchev–Trinajstić information content (AvgIpc) is 3.16. The van der Waals surface area contributed by atoms with E-state index >= 15 is 0 Å². The first-order valence-electron chi connectivity index (χ1n) is 10.9.